The molecule has 0 bridgehead atoms. The Labute approximate surface area is 283 Å². The van der Waals surface area contributed by atoms with Crippen molar-refractivity contribution < 1.29 is 4.42 Å². The third kappa shape index (κ3) is 4.15. The number of benzene rings is 6. The van der Waals surface area contributed by atoms with Gasteiger partial charge in [-0.25, -0.2) is 15.0 Å². The van der Waals surface area contributed by atoms with Crippen LogP contribution in [0.5, 0.6) is 0 Å². The van der Waals surface area contributed by atoms with Crippen LogP contribution in [-0.4, -0.2) is 19.5 Å². The van der Waals surface area contributed by atoms with Gasteiger partial charge in [0.25, 0.3) is 0 Å². The number of hydrogen-bond donors (Lipinski definition) is 0. The van der Waals surface area contributed by atoms with Crippen molar-refractivity contribution in [3.05, 3.63) is 157 Å². The number of hydrogen-bond acceptors (Lipinski definition) is 4. The van der Waals surface area contributed by atoms with Crippen molar-refractivity contribution in [2.45, 2.75) is 19.3 Å². The van der Waals surface area contributed by atoms with Crippen molar-refractivity contribution in [2.24, 2.45) is 0 Å². The average Bonchev–Trinajstić information content (AvgIpc) is 3.80. The Hall–Kier alpha value is -6.33. The molecule has 9 aromatic rings. The SMILES string of the molecule is CC1(C)c2ccccc2-c2nc(-c3cccc(-c4nc5ccccc5o4)c3)nc(-c3cccc(-n4c5ccccc5c5ccccc54)c3)c21. The molecule has 0 fully saturated rings. The molecule has 1 aliphatic carbocycles. The van der Waals surface area contributed by atoms with Crippen LogP contribution in [0.4, 0.5) is 0 Å². The molecule has 0 aliphatic heterocycles. The molecule has 6 aromatic carbocycles. The Morgan fingerprint density at radius 3 is 2.02 bits per heavy atom. The van der Waals surface area contributed by atoms with Gasteiger partial charge in [0.2, 0.25) is 5.89 Å². The molecule has 49 heavy (non-hydrogen) atoms. The first-order valence-electron chi connectivity index (χ1n) is 16.6. The lowest BCUT2D eigenvalue weighted by molar-refractivity contribution is 0.620. The Kier molecular flexibility index (Phi) is 5.85. The monoisotopic (exact) mass is 630 g/mol. The van der Waals surface area contributed by atoms with E-state index in [0.717, 1.165) is 56.0 Å². The second-order valence-corrected chi connectivity index (χ2v) is 13.3. The van der Waals surface area contributed by atoms with E-state index in [1.807, 2.05) is 36.4 Å². The second kappa shape index (κ2) is 10.3. The summed E-state index contributed by atoms with van der Waals surface area (Å²) in [5.41, 5.74) is 13.1. The molecule has 0 atom stereocenters. The molecule has 0 N–H and O–H groups in total. The van der Waals surface area contributed by atoms with Crippen molar-refractivity contribution in [2.75, 3.05) is 0 Å². The quantitative estimate of drug-likeness (QED) is 0.194. The first kappa shape index (κ1) is 27.8. The van der Waals surface area contributed by atoms with Gasteiger partial charge in [0.15, 0.2) is 11.4 Å². The third-order valence-corrected chi connectivity index (χ3v) is 10.0. The molecule has 3 heterocycles. The molecule has 0 saturated heterocycles. The minimum Gasteiger partial charge on any atom is -0.436 e. The van der Waals surface area contributed by atoms with Crippen LogP contribution in [0, 0.1) is 0 Å². The normalized spacial score (nSPS) is 13.3. The van der Waals surface area contributed by atoms with Gasteiger partial charge < -0.3 is 8.98 Å². The van der Waals surface area contributed by atoms with E-state index in [-0.39, 0.29) is 5.41 Å². The maximum atomic E-state index is 6.14. The van der Waals surface area contributed by atoms with Gasteiger partial charge in [-0.3, -0.25) is 0 Å². The highest BCUT2D eigenvalue weighted by Crippen LogP contribution is 2.51. The predicted octanol–water partition coefficient (Wildman–Crippen LogP) is 11.0. The minimum atomic E-state index is -0.289. The van der Waals surface area contributed by atoms with Gasteiger partial charge in [-0.2, -0.15) is 0 Å². The Balaban J connectivity index is 1.19. The van der Waals surface area contributed by atoms with Crippen molar-refractivity contribution in [1.82, 2.24) is 19.5 Å². The molecular weight excluding hydrogens is 601 g/mol. The Bertz CT molecular complexity index is 2680. The smallest absolute Gasteiger partial charge is 0.227 e. The van der Waals surface area contributed by atoms with Gasteiger partial charge in [0.1, 0.15) is 5.52 Å². The fourth-order valence-corrected chi connectivity index (χ4v) is 7.73. The second-order valence-electron chi connectivity index (χ2n) is 13.3. The van der Waals surface area contributed by atoms with Gasteiger partial charge in [0.05, 0.1) is 22.4 Å². The molecule has 0 saturated carbocycles. The fraction of sp³-hybridized carbons (Fsp3) is 0.0682. The molecule has 232 valence electrons. The molecule has 0 radical (unpaired) electrons. The van der Waals surface area contributed by atoms with Crippen LogP contribution in [0.2, 0.25) is 0 Å². The zero-order valence-corrected chi connectivity index (χ0v) is 27.1. The summed E-state index contributed by atoms with van der Waals surface area (Å²) < 4.78 is 8.50. The van der Waals surface area contributed by atoms with E-state index in [1.165, 1.54) is 27.4 Å². The summed E-state index contributed by atoms with van der Waals surface area (Å²) in [6, 6.07) is 50.7. The largest absolute Gasteiger partial charge is 0.436 e. The van der Waals surface area contributed by atoms with Gasteiger partial charge in [-0.15, -0.1) is 0 Å². The molecule has 3 aromatic heterocycles. The highest BCUT2D eigenvalue weighted by Gasteiger charge is 2.40. The zero-order chi connectivity index (χ0) is 32.7. The number of oxazole rings is 1. The van der Waals surface area contributed by atoms with Crippen molar-refractivity contribution in [3.63, 3.8) is 0 Å². The number of rotatable bonds is 4. The summed E-state index contributed by atoms with van der Waals surface area (Å²) in [5, 5.41) is 2.48. The van der Waals surface area contributed by atoms with E-state index in [4.69, 9.17) is 19.4 Å². The van der Waals surface area contributed by atoms with Crippen molar-refractivity contribution in [1.29, 1.82) is 0 Å². The molecular formula is C44H30N4O. The molecule has 0 spiro atoms. The van der Waals surface area contributed by atoms with E-state index < -0.39 is 0 Å². The maximum Gasteiger partial charge on any atom is 0.227 e. The zero-order valence-electron chi connectivity index (χ0n) is 27.1. The molecule has 0 unspecified atom stereocenters. The lowest BCUT2D eigenvalue weighted by Gasteiger charge is -2.24. The lowest BCUT2D eigenvalue weighted by atomic mass is 9.81. The van der Waals surface area contributed by atoms with Gasteiger partial charge >= 0.3 is 0 Å². The molecule has 5 nitrogen and oxygen atoms in total. The first-order valence-corrected chi connectivity index (χ1v) is 16.6. The van der Waals surface area contributed by atoms with Gasteiger partial charge in [0, 0.05) is 49.7 Å². The van der Waals surface area contributed by atoms with Crippen LogP contribution in [0.1, 0.15) is 25.0 Å². The van der Waals surface area contributed by atoms with E-state index in [2.05, 4.69) is 128 Å². The number of nitrogens with zero attached hydrogens (tertiary/aromatic N) is 4. The molecule has 0 amide bonds. The Morgan fingerprint density at radius 2 is 1.20 bits per heavy atom. The Morgan fingerprint density at radius 1 is 0.551 bits per heavy atom. The molecule has 5 heteroatoms. The van der Waals surface area contributed by atoms with Crippen molar-refractivity contribution >= 4 is 32.9 Å². The van der Waals surface area contributed by atoms with Gasteiger partial charge in [-0.1, -0.05) is 111 Å². The average molecular weight is 631 g/mol. The predicted molar refractivity (Wildman–Crippen MR) is 198 cm³/mol. The third-order valence-electron chi connectivity index (χ3n) is 10.0. The maximum absolute atomic E-state index is 6.14. The minimum absolute atomic E-state index is 0.289. The number of para-hydroxylation sites is 4. The fourth-order valence-electron chi connectivity index (χ4n) is 7.73. The standard InChI is InChI=1S/C44H30N4O/c1-44(2)34-20-6-3-19-33(34)41-39(44)40(46-42(47-41)28-14-11-15-29(25-28)43-45-35-21-7-10-24-38(35)49-43)27-13-12-16-30(26-27)48-36-22-8-4-17-31(36)32-18-5-9-23-37(32)48/h3-26H,1-2H3. The topological polar surface area (TPSA) is 56.7 Å². The highest BCUT2D eigenvalue weighted by molar-refractivity contribution is 6.09. The summed E-state index contributed by atoms with van der Waals surface area (Å²) >= 11 is 0. The first-order chi connectivity index (χ1) is 24.0. The van der Waals surface area contributed by atoms with E-state index in [9.17, 15) is 0 Å². The summed E-state index contributed by atoms with van der Waals surface area (Å²) in [7, 11) is 0. The highest BCUT2D eigenvalue weighted by atomic mass is 16.3. The van der Waals surface area contributed by atoms with Crippen LogP contribution >= 0.6 is 0 Å². The summed E-state index contributed by atoms with van der Waals surface area (Å²) in [5.74, 6) is 1.25. The molecule has 10 rings (SSSR count). The van der Waals surface area contributed by atoms with E-state index >= 15 is 0 Å². The number of fused-ring (bicyclic) bond motifs is 7. The van der Waals surface area contributed by atoms with Crippen LogP contribution in [0.25, 0.3) is 83.9 Å². The summed E-state index contributed by atoms with van der Waals surface area (Å²) in [4.78, 5) is 15.5. The molecule has 1 aliphatic rings. The van der Waals surface area contributed by atoms with E-state index in [1.54, 1.807) is 0 Å². The number of aromatic nitrogens is 4. The lowest BCUT2D eigenvalue weighted by Crippen LogP contribution is -2.17. The van der Waals surface area contributed by atoms with Crippen LogP contribution in [0.3, 0.4) is 0 Å². The van der Waals surface area contributed by atoms with Crippen LogP contribution in [0.15, 0.2) is 150 Å². The van der Waals surface area contributed by atoms with Gasteiger partial charge in [-0.05, 0) is 54.1 Å². The van der Waals surface area contributed by atoms with Crippen LogP contribution < -0.4 is 0 Å². The summed E-state index contributed by atoms with van der Waals surface area (Å²) in [6.45, 7) is 4.57. The van der Waals surface area contributed by atoms with Crippen molar-refractivity contribution in [3.8, 4) is 51.0 Å². The summed E-state index contributed by atoms with van der Waals surface area (Å²) in [6.07, 6.45) is 0. The van der Waals surface area contributed by atoms with E-state index in [0.29, 0.717) is 11.7 Å². The van der Waals surface area contributed by atoms with Crippen LogP contribution in [-0.2, 0) is 5.41 Å².